The summed E-state index contributed by atoms with van der Waals surface area (Å²) in [6.07, 6.45) is 2.85. The molecule has 0 spiro atoms. The number of aromatic nitrogens is 2. The van der Waals surface area contributed by atoms with Crippen LogP contribution < -0.4 is 9.64 Å². The summed E-state index contributed by atoms with van der Waals surface area (Å²) in [4.78, 5) is 13.3. The number of ether oxygens (including phenoxy) is 1. The number of nitrogens with zero attached hydrogens (tertiary/aromatic N) is 4. The summed E-state index contributed by atoms with van der Waals surface area (Å²) in [5.41, 5.74) is 13.9. The van der Waals surface area contributed by atoms with Crippen LogP contribution in [0.2, 0.25) is 0 Å². The van der Waals surface area contributed by atoms with E-state index < -0.39 is 5.54 Å². The molecule has 5 nitrogen and oxygen atoms in total. The molecule has 2 aliphatic rings. The van der Waals surface area contributed by atoms with Crippen molar-refractivity contribution < 1.29 is 4.74 Å². The summed E-state index contributed by atoms with van der Waals surface area (Å²) in [5.74, 6) is 3.45. The Morgan fingerprint density at radius 3 is 2.05 bits per heavy atom. The molecule has 5 heteroatoms. The normalized spacial score (nSPS) is 19.2. The van der Waals surface area contributed by atoms with Gasteiger partial charge in [0, 0.05) is 34.3 Å². The van der Waals surface area contributed by atoms with E-state index in [9.17, 15) is 0 Å². The molecular weight excluding hydrogens is 709 g/mol. The molecule has 2 aromatic heterocycles. The van der Waals surface area contributed by atoms with Crippen LogP contribution in [-0.2, 0) is 22.8 Å². The SMILES string of the molecule is Cc1cc(Oc2ccc3c4cc(C(C)(C)C)ccc4n(-c4cc(C(C)(C)C)ccn4)c3c2)cc(C2=N[C@]3(C)c4ccccc4C[C@]3(C)N2c2c(C)cc(C)cc2C)c1. The van der Waals surface area contributed by atoms with Crippen LogP contribution in [0.1, 0.15) is 105 Å². The predicted octanol–water partition coefficient (Wildman–Crippen LogP) is 13.3. The van der Waals surface area contributed by atoms with E-state index in [1.165, 1.54) is 55.4 Å². The molecule has 3 heterocycles. The Kier molecular flexibility index (Phi) is 8.43. The smallest absolute Gasteiger partial charge is 0.137 e. The van der Waals surface area contributed by atoms with E-state index >= 15 is 0 Å². The fourth-order valence-corrected chi connectivity index (χ4v) is 9.88. The van der Waals surface area contributed by atoms with Gasteiger partial charge in [-0.1, -0.05) is 89.6 Å². The first-order valence-electron chi connectivity index (χ1n) is 20.8. The molecule has 9 rings (SSSR count). The zero-order valence-corrected chi connectivity index (χ0v) is 36.3. The highest BCUT2D eigenvalue weighted by atomic mass is 16.5. The van der Waals surface area contributed by atoms with Crippen molar-refractivity contribution in [1.82, 2.24) is 9.55 Å². The molecule has 1 aliphatic carbocycles. The zero-order chi connectivity index (χ0) is 41.1. The number of hydrogen-bond acceptors (Lipinski definition) is 4. The third kappa shape index (κ3) is 5.88. The van der Waals surface area contributed by atoms with E-state index in [4.69, 9.17) is 14.7 Å². The Morgan fingerprint density at radius 1 is 0.638 bits per heavy atom. The van der Waals surface area contributed by atoms with Gasteiger partial charge in [-0.15, -0.1) is 0 Å². The number of aryl methyl sites for hydroxylation is 4. The lowest BCUT2D eigenvalue weighted by molar-refractivity contribution is 0.321. The third-order valence-corrected chi connectivity index (χ3v) is 13.0. The van der Waals surface area contributed by atoms with Gasteiger partial charge in [0.15, 0.2) is 0 Å². The minimum Gasteiger partial charge on any atom is -0.457 e. The van der Waals surface area contributed by atoms with Crippen LogP contribution in [0.15, 0.2) is 114 Å². The van der Waals surface area contributed by atoms with E-state index in [2.05, 4.69) is 196 Å². The maximum atomic E-state index is 6.91. The average Bonchev–Trinajstić information content (AvgIpc) is 3.67. The van der Waals surface area contributed by atoms with Crippen molar-refractivity contribution in [3.05, 3.63) is 159 Å². The van der Waals surface area contributed by atoms with Crippen molar-refractivity contribution in [2.45, 2.75) is 111 Å². The Balaban J connectivity index is 1.19. The van der Waals surface area contributed by atoms with Gasteiger partial charge >= 0.3 is 0 Å². The molecular formula is C53H56N4O. The quantitative estimate of drug-likeness (QED) is 0.175. The van der Waals surface area contributed by atoms with Gasteiger partial charge in [-0.2, -0.15) is 0 Å². The Morgan fingerprint density at radius 2 is 1.33 bits per heavy atom. The highest BCUT2D eigenvalue weighted by Crippen LogP contribution is 2.56. The number of hydrogen-bond donors (Lipinski definition) is 0. The lowest BCUT2D eigenvalue weighted by atomic mass is 9.79. The Bertz CT molecular complexity index is 2820. The van der Waals surface area contributed by atoms with Gasteiger partial charge in [0.2, 0.25) is 0 Å². The minimum atomic E-state index is -0.433. The molecule has 5 aromatic carbocycles. The first-order valence-corrected chi connectivity index (χ1v) is 20.8. The fourth-order valence-electron chi connectivity index (χ4n) is 9.88. The fraction of sp³-hybridized carbons (Fsp3) is 0.321. The molecule has 0 bridgehead atoms. The van der Waals surface area contributed by atoms with Crippen LogP contribution in [0.4, 0.5) is 5.69 Å². The topological polar surface area (TPSA) is 42.6 Å². The molecule has 2 atom stereocenters. The van der Waals surface area contributed by atoms with Crippen LogP contribution in [0, 0.1) is 27.7 Å². The van der Waals surface area contributed by atoms with Gasteiger partial charge in [-0.3, -0.25) is 9.56 Å². The van der Waals surface area contributed by atoms with E-state index in [0.29, 0.717) is 0 Å². The molecule has 0 amide bonds. The summed E-state index contributed by atoms with van der Waals surface area (Å²) in [5, 5.41) is 2.39. The van der Waals surface area contributed by atoms with Crippen molar-refractivity contribution in [2.75, 3.05) is 4.90 Å². The van der Waals surface area contributed by atoms with Crippen LogP contribution >= 0.6 is 0 Å². The zero-order valence-electron chi connectivity index (χ0n) is 36.3. The van der Waals surface area contributed by atoms with Crippen molar-refractivity contribution >= 4 is 33.3 Å². The molecule has 0 saturated carbocycles. The first kappa shape index (κ1) is 37.9. The standard InChI is InChI=1S/C53H56N4O/c1-32-23-34(3)48(35(4)24-32)57-49(55-53(12)44-16-14-13-15-36(44)31-52(53,57)11)37-25-33(2)26-41(27-37)58-40-18-19-42-43-28-38(50(5,6)7)17-20-45(43)56(46(42)30-40)47-29-39(21-22-54-47)51(8,9)10/h13-30H,31H2,1-12H3/t52-,53+/m0/s1. The average molecular weight is 765 g/mol. The second-order valence-corrected chi connectivity index (χ2v) is 19.5. The number of fused-ring (bicyclic) bond motifs is 6. The van der Waals surface area contributed by atoms with Gasteiger partial charge in [0.25, 0.3) is 0 Å². The first-order chi connectivity index (χ1) is 27.4. The minimum absolute atomic E-state index is 0.0140. The maximum Gasteiger partial charge on any atom is 0.137 e. The number of rotatable bonds is 5. The highest BCUT2D eigenvalue weighted by molar-refractivity contribution is 6.14. The Hall–Kier alpha value is -5.68. The Labute approximate surface area is 344 Å². The maximum absolute atomic E-state index is 6.91. The van der Waals surface area contributed by atoms with Gasteiger partial charge in [0.05, 0.1) is 16.6 Å². The molecule has 0 fully saturated rings. The van der Waals surface area contributed by atoms with Gasteiger partial charge in [0.1, 0.15) is 28.7 Å². The molecule has 294 valence electrons. The van der Waals surface area contributed by atoms with E-state index in [1.54, 1.807) is 0 Å². The molecule has 1 aliphatic heterocycles. The number of amidine groups is 1. The van der Waals surface area contributed by atoms with Gasteiger partial charge in [-0.25, -0.2) is 4.98 Å². The number of pyridine rings is 1. The summed E-state index contributed by atoms with van der Waals surface area (Å²) in [6, 6.07) is 37.8. The molecule has 7 aromatic rings. The van der Waals surface area contributed by atoms with Gasteiger partial charge < -0.3 is 9.64 Å². The summed E-state index contributed by atoms with van der Waals surface area (Å²) in [7, 11) is 0. The number of benzene rings is 5. The van der Waals surface area contributed by atoms with E-state index in [-0.39, 0.29) is 16.4 Å². The summed E-state index contributed by atoms with van der Waals surface area (Å²) >= 11 is 0. The molecule has 0 saturated heterocycles. The predicted molar refractivity (Wildman–Crippen MR) is 243 cm³/mol. The monoisotopic (exact) mass is 764 g/mol. The van der Waals surface area contributed by atoms with E-state index in [0.717, 1.165) is 51.7 Å². The largest absolute Gasteiger partial charge is 0.457 e. The molecule has 0 N–H and O–H groups in total. The van der Waals surface area contributed by atoms with Crippen LogP contribution in [0.5, 0.6) is 11.5 Å². The van der Waals surface area contributed by atoms with Crippen molar-refractivity contribution in [2.24, 2.45) is 4.99 Å². The summed E-state index contributed by atoms with van der Waals surface area (Å²) in [6.45, 7) is 27.1. The summed E-state index contributed by atoms with van der Waals surface area (Å²) < 4.78 is 9.21. The third-order valence-electron chi connectivity index (χ3n) is 13.0. The van der Waals surface area contributed by atoms with Crippen LogP contribution in [0.25, 0.3) is 27.6 Å². The number of anilines is 1. The molecule has 0 unspecified atom stereocenters. The van der Waals surface area contributed by atoms with Gasteiger partial charge in [-0.05, 0) is 152 Å². The van der Waals surface area contributed by atoms with E-state index in [1.807, 2.05) is 6.20 Å². The van der Waals surface area contributed by atoms with Crippen LogP contribution in [0.3, 0.4) is 0 Å². The van der Waals surface area contributed by atoms with Crippen molar-refractivity contribution in [3.63, 3.8) is 0 Å². The molecule has 58 heavy (non-hydrogen) atoms. The van der Waals surface area contributed by atoms with Crippen molar-refractivity contribution in [1.29, 1.82) is 0 Å². The van der Waals surface area contributed by atoms with Crippen LogP contribution in [-0.4, -0.2) is 20.9 Å². The lowest BCUT2D eigenvalue weighted by Gasteiger charge is -2.43. The second kappa shape index (κ2) is 12.9. The lowest BCUT2D eigenvalue weighted by Crippen LogP contribution is -2.54. The van der Waals surface area contributed by atoms with Crippen molar-refractivity contribution in [3.8, 4) is 17.3 Å². The molecule has 0 radical (unpaired) electrons. The highest BCUT2D eigenvalue weighted by Gasteiger charge is 2.61. The second-order valence-electron chi connectivity index (χ2n) is 19.5. The number of aliphatic imine (C=N–C) groups is 1.